The fourth-order valence-corrected chi connectivity index (χ4v) is 3.58. The van der Waals surface area contributed by atoms with Crippen LogP contribution in [0.1, 0.15) is 43.1 Å². The minimum Gasteiger partial charge on any atom is -0.465 e. The fraction of sp³-hybridized carbons (Fsp3) is 0.706. The lowest BCUT2D eigenvalue weighted by atomic mass is 10.1. The van der Waals surface area contributed by atoms with E-state index in [4.69, 9.17) is 4.42 Å². The Labute approximate surface area is 130 Å². The van der Waals surface area contributed by atoms with Crippen LogP contribution in [-0.2, 0) is 4.79 Å². The molecule has 0 radical (unpaired) electrons. The van der Waals surface area contributed by atoms with Gasteiger partial charge in [-0.25, -0.2) is 0 Å². The van der Waals surface area contributed by atoms with Gasteiger partial charge in [-0.15, -0.1) is 0 Å². The Kier molecular flexibility index (Phi) is 3.50. The highest BCUT2D eigenvalue weighted by Gasteiger charge is 2.47. The van der Waals surface area contributed by atoms with Gasteiger partial charge in [0.25, 0.3) is 0 Å². The minimum atomic E-state index is -0.344. The van der Waals surface area contributed by atoms with E-state index in [1.165, 1.54) is 6.42 Å². The van der Waals surface area contributed by atoms with Crippen LogP contribution in [-0.4, -0.2) is 36.8 Å². The van der Waals surface area contributed by atoms with Gasteiger partial charge in [-0.2, -0.15) is 0 Å². The Morgan fingerprint density at radius 3 is 2.68 bits per heavy atom. The number of hydrogen-bond acceptors (Lipinski definition) is 4. The molecule has 4 rings (SSSR count). The SMILES string of the molecule is CC1CC1c1ccc(C2CC2C(=O)NCC2CNCC2O)o1. The number of hydrogen-bond donors (Lipinski definition) is 3. The first-order valence-electron chi connectivity index (χ1n) is 8.39. The van der Waals surface area contributed by atoms with Crippen molar-refractivity contribution in [3.8, 4) is 0 Å². The number of β-amino-alcohol motifs (C(OH)–C–C–N with tert-alkyl or cyclic N) is 1. The first-order chi connectivity index (χ1) is 10.6. The Morgan fingerprint density at radius 2 is 2.05 bits per heavy atom. The van der Waals surface area contributed by atoms with Crippen LogP contribution in [0.25, 0.3) is 0 Å². The molecule has 1 saturated heterocycles. The maximum absolute atomic E-state index is 12.2. The van der Waals surface area contributed by atoms with Crippen LogP contribution in [0.3, 0.4) is 0 Å². The van der Waals surface area contributed by atoms with E-state index in [-0.39, 0.29) is 29.8 Å². The standard InChI is InChI=1S/C17H24N2O3/c1-9-4-11(9)15-2-3-16(22-15)12-5-13(12)17(21)19-7-10-6-18-8-14(10)20/h2-3,9-14,18,20H,4-8H2,1H3,(H,19,21). The highest BCUT2D eigenvalue weighted by Crippen LogP contribution is 2.52. The number of furan rings is 1. The zero-order valence-electron chi connectivity index (χ0n) is 12.9. The molecule has 3 aliphatic rings. The smallest absolute Gasteiger partial charge is 0.223 e. The normalized spacial score (nSPS) is 39.7. The molecule has 0 aromatic carbocycles. The lowest BCUT2D eigenvalue weighted by molar-refractivity contribution is -0.122. The summed E-state index contributed by atoms with van der Waals surface area (Å²) in [6.07, 6.45) is 1.76. The van der Waals surface area contributed by atoms with Crippen LogP contribution in [0, 0.1) is 17.8 Å². The molecule has 22 heavy (non-hydrogen) atoms. The first-order valence-corrected chi connectivity index (χ1v) is 8.39. The second-order valence-electron chi connectivity index (χ2n) is 7.24. The quantitative estimate of drug-likeness (QED) is 0.764. The molecule has 120 valence electrons. The van der Waals surface area contributed by atoms with E-state index in [2.05, 4.69) is 23.6 Å². The summed E-state index contributed by atoms with van der Waals surface area (Å²) in [5.74, 6) is 3.91. The Balaban J connectivity index is 1.28. The Hall–Kier alpha value is -1.33. The number of rotatable bonds is 5. The lowest BCUT2D eigenvalue weighted by Crippen LogP contribution is -2.35. The zero-order valence-corrected chi connectivity index (χ0v) is 12.9. The Morgan fingerprint density at radius 1 is 1.32 bits per heavy atom. The van der Waals surface area contributed by atoms with Crippen LogP contribution < -0.4 is 10.6 Å². The maximum atomic E-state index is 12.2. The predicted octanol–water partition coefficient (Wildman–Crippen LogP) is 1.20. The zero-order chi connectivity index (χ0) is 15.3. The van der Waals surface area contributed by atoms with Gasteiger partial charge in [0.05, 0.1) is 6.10 Å². The molecule has 1 aromatic rings. The summed E-state index contributed by atoms with van der Waals surface area (Å²) in [7, 11) is 0. The molecule has 2 saturated carbocycles. The van der Waals surface area contributed by atoms with Crippen molar-refractivity contribution >= 4 is 5.91 Å². The van der Waals surface area contributed by atoms with Crippen molar-refractivity contribution < 1.29 is 14.3 Å². The fourth-order valence-electron chi connectivity index (χ4n) is 3.58. The average molecular weight is 304 g/mol. The first kappa shape index (κ1) is 14.3. The number of carbonyl (C=O) groups is 1. The van der Waals surface area contributed by atoms with E-state index in [0.717, 1.165) is 30.4 Å². The third-order valence-corrected chi connectivity index (χ3v) is 5.46. The topological polar surface area (TPSA) is 74.5 Å². The molecule has 0 bridgehead atoms. The summed E-state index contributed by atoms with van der Waals surface area (Å²) in [6, 6.07) is 4.13. The van der Waals surface area contributed by atoms with Crippen molar-refractivity contribution in [3.05, 3.63) is 23.7 Å². The number of aliphatic hydroxyl groups excluding tert-OH is 1. The van der Waals surface area contributed by atoms with E-state index in [9.17, 15) is 9.90 Å². The summed E-state index contributed by atoms with van der Waals surface area (Å²) >= 11 is 0. The molecule has 1 aliphatic heterocycles. The summed E-state index contributed by atoms with van der Waals surface area (Å²) in [5, 5.41) is 15.9. The van der Waals surface area contributed by atoms with E-state index in [0.29, 0.717) is 19.0 Å². The predicted molar refractivity (Wildman–Crippen MR) is 81.5 cm³/mol. The summed E-state index contributed by atoms with van der Waals surface area (Å²) in [5.41, 5.74) is 0. The third-order valence-electron chi connectivity index (χ3n) is 5.46. The molecule has 5 heteroatoms. The monoisotopic (exact) mass is 304 g/mol. The molecule has 2 aliphatic carbocycles. The molecule has 3 N–H and O–H groups in total. The third kappa shape index (κ3) is 2.68. The maximum Gasteiger partial charge on any atom is 0.223 e. The van der Waals surface area contributed by atoms with Crippen LogP contribution in [0.4, 0.5) is 0 Å². The average Bonchev–Trinajstić information content (AvgIpc) is 3.35. The molecule has 6 atom stereocenters. The van der Waals surface area contributed by atoms with Gasteiger partial charge in [-0.05, 0) is 30.9 Å². The van der Waals surface area contributed by atoms with E-state index in [1.807, 2.05) is 6.07 Å². The summed E-state index contributed by atoms with van der Waals surface area (Å²) in [6.45, 7) is 4.20. The highest BCUT2D eigenvalue weighted by atomic mass is 16.3. The number of carbonyl (C=O) groups excluding carboxylic acids is 1. The Bertz CT molecular complexity index is 570. The molecule has 0 spiro atoms. The molecule has 1 amide bonds. The largest absolute Gasteiger partial charge is 0.465 e. The van der Waals surface area contributed by atoms with E-state index < -0.39 is 0 Å². The number of aliphatic hydroxyl groups is 1. The van der Waals surface area contributed by atoms with E-state index in [1.54, 1.807) is 0 Å². The van der Waals surface area contributed by atoms with Crippen molar-refractivity contribution in [1.82, 2.24) is 10.6 Å². The summed E-state index contributed by atoms with van der Waals surface area (Å²) in [4.78, 5) is 12.2. The molecule has 5 nitrogen and oxygen atoms in total. The van der Waals surface area contributed by atoms with Gasteiger partial charge >= 0.3 is 0 Å². The lowest BCUT2D eigenvalue weighted by Gasteiger charge is -2.13. The highest BCUT2D eigenvalue weighted by molar-refractivity contribution is 5.82. The van der Waals surface area contributed by atoms with Crippen molar-refractivity contribution in [1.29, 1.82) is 0 Å². The van der Waals surface area contributed by atoms with Gasteiger partial charge in [0, 0.05) is 43.3 Å². The second kappa shape index (κ2) is 5.39. The van der Waals surface area contributed by atoms with Crippen LogP contribution in [0.15, 0.2) is 16.5 Å². The van der Waals surface area contributed by atoms with Gasteiger partial charge in [0.2, 0.25) is 5.91 Å². The van der Waals surface area contributed by atoms with Gasteiger partial charge in [0.15, 0.2) is 0 Å². The van der Waals surface area contributed by atoms with Crippen LogP contribution >= 0.6 is 0 Å². The number of amides is 1. The van der Waals surface area contributed by atoms with Gasteiger partial charge in [-0.1, -0.05) is 6.92 Å². The molecule has 6 unspecified atom stereocenters. The van der Waals surface area contributed by atoms with Crippen molar-refractivity contribution in [2.24, 2.45) is 17.8 Å². The summed E-state index contributed by atoms with van der Waals surface area (Å²) < 4.78 is 5.95. The van der Waals surface area contributed by atoms with E-state index >= 15 is 0 Å². The minimum absolute atomic E-state index is 0.0436. The van der Waals surface area contributed by atoms with Crippen LogP contribution in [0.2, 0.25) is 0 Å². The number of nitrogens with one attached hydrogen (secondary N) is 2. The molecule has 2 heterocycles. The van der Waals surface area contributed by atoms with Gasteiger partial charge in [0.1, 0.15) is 11.5 Å². The molecule has 1 aromatic heterocycles. The van der Waals surface area contributed by atoms with Crippen molar-refractivity contribution in [2.75, 3.05) is 19.6 Å². The van der Waals surface area contributed by atoms with Gasteiger partial charge in [-0.3, -0.25) is 4.79 Å². The van der Waals surface area contributed by atoms with Crippen molar-refractivity contribution in [3.63, 3.8) is 0 Å². The van der Waals surface area contributed by atoms with Crippen molar-refractivity contribution in [2.45, 2.75) is 37.7 Å². The molecular weight excluding hydrogens is 280 g/mol. The molecular formula is C17H24N2O3. The van der Waals surface area contributed by atoms with Gasteiger partial charge < -0.3 is 20.2 Å². The van der Waals surface area contributed by atoms with Crippen LogP contribution in [0.5, 0.6) is 0 Å². The molecule has 3 fully saturated rings. The second-order valence-corrected chi connectivity index (χ2v) is 7.24.